The standard InChI is InChI=1S/C9H16N4O/c1-3-10-9-6-14-5-7(9)8-4-13(2)12-11-8/h4,7,9-10H,3,5-6H2,1-2H3. The fourth-order valence-electron chi connectivity index (χ4n) is 1.84. The maximum atomic E-state index is 5.45. The Balaban J connectivity index is 2.09. The van der Waals surface area contributed by atoms with Gasteiger partial charge >= 0.3 is 0 Å². The van der Waals surface area contributed by atoms with Crippen LogP contribution in [0.1, 0.15) is 18.5 Å². The van der Waals surface area contributed by atoms with E-state index in [9.17, 15) is 0 Å². The number of hydrogen-bond donors (Lipinski definition) is 1. The number of aromatic nitrogens is 3. The normalized spacial score (nSPS) is 27.0. The van der Waals surface area contributed by atoms with Crippen LogP contribution in [0.3, 0.4) is 0 Å². The van der Waals surface area contributed by atoms with E-state index in [0.717, 1.165) is 25.5 Å². The molecule has 1 fully saturated rings. The van der Waals surface area contributed by atoms with Crippen molar-refractivity contribution in [1.82, 2.24) is 20.3 Å². The van der Waals surface area contributed by atoms with Crippen LogP contribution in [0.15, 0.2) is 6.20 Å². The largest absolute Gasteiger partial charge is 0.379 e. The first-order valence-electron chi connectivity index (χ1n) is 4.98. The fourth-order valence-corrected chi connectivity index (χ4v) is 1.84. The molecule has 0 aromatic carbocycles. The van der Waals surface area contributed by atoms with Gasteiger partial charge in [0.25, 0.3) is 0 Å². The highest BCUT2D eigenvalue weighted by molar-refractivity contribution is 5.08. The molecule has 1 aliphatic heterocycles. The van der Waals surface area contributed by atoms with Gasteiger partial charge in [-0.05, 0) is 6.54 Å². The molecule has 0 saturated carbocycles. The van der Waals surface area contributed by atoms with Crippen LogP contribution in [0.25, 0.3) is 0 Å². The molecular weight excluding hydrogens is 180 g/mol. The van der Waals surface area contributed by atoms with Crippen molar-refractivity contribution in [2.24, 2.45) is 7.05 Å². The number of aryl methyl sites for hydroxylation is 1. The Kier molecular flexibility index (Phi) is 2.79. The van der Waals surface area contributed by atoms with Gasteiger partial charge in [-0.1, -0.05) is 12.1 Å². The minimum atomic E-state index is 0.351. The van der Waals surface area contributed by atoms with Crippen molar-refractivity contribution in [2.45, 2.75) is 18.9 Å². The number of hydrogen-bond acceptors (Lipinski definition) is 4. The zero-order chi connectivity index (χ0) is 9.97. The summed E-state index contributed by atoms with van der Waals surface area (Å²) in [6.07, 6.45) is 1.96. The molecule has 2 heterocycles. The van der Waals surface area contributed by atoms with Crippen LogP contribution in [-0.2, 0) is 11.8 Å². The summed E-state index contributed by atoms with van der Waals surface area (Å²) >= 11 is 0. The van der Waals surface area contributed by atoms with E-state index in [2.05, 4.69) is 22.6 Å². The van der Waals surface area contributed by atoms with Gasteiger partial charge < -0.3 is 10.1 Å². The Labute approximate surface area is 83.4 Å². The number of rotatable bonds is 3. The molecule has 78 valence electrons. The lowest BCUT2D eigenvalue weighted by Gasteiger charge is -2.15. The number of nitrogens with one attached hydrogen (secondary N) is 1. The summed E-state index contributed by atoms with van der Waals surface area (Å²) in [6, 6.07) is 0.386. The molecule has 0 aliphatic carbocycles. The summed E-state index contributed by atoms with van der Waals surface area (Å²) in [5.41, 5.74) is 1.02. The van der Waals surface area contributed by atoms with E-state index >= 15 is 0 Å². The fraction of sp³-hybridized carbons (Fsp3) is 0.778. The second-order valence-corrected chi connectivity index (χ2v) is 3.63. The van der Waals surface area contributed by atoms with Crippen molar-refractivity contribution in [2.75, 3.05) is 19.8 Å². The van der Waals surface area contributed by atoms with Crippen LogP contribution < -0.4 is 5.32 Å². The molecule has 14 heavy (non-hydrogen) atoms. The number of ether oxygens (including phenoxy) is 1. The molecule has 0 amide bonds. The van der Waals surface area contributed by atoms with E-state index in [0.29, 0.717) is 12.0 Å². The van der Waals surface area contributed by atoms with Crippen molar-refractivity contribution in [3.63, 3.8) is 0 Å². The lowest BCUT2D eigenvalue weighted by molar-refractivity contribution is 0.187. The van der Waals surface area contributed by atoms with Gasteiger partial charge in [0.05, 0.1) is 18.9 Å². The molecule has 5 heteroatoms. The highest BCUT2D eigenvalue weighted by Gasteiger charge is 2.30. The summed E-state index contributed by atoms with van der Waals surface area (Å²) < 4.78 is 7.18. The van der Waals surface area contributed by atoms with Crippen LogP contribution in [0.2, 0.25) is 0 Å². The first kappa shape index (κ1) is 9.61. The Hall–Kier alpha value is -0.940. The molecule has 1 aromatic heterocycles. The molecule has 1 aliphatic rings. The smallest absolute Gasteiger partial charge is 0.0897 e. The maximum absolute atomic E-state index is 5.45. The first-order valence-corrected chi connectivity index (χ1v) is 4.98. The summed E-state index contributed by atoms with van der Waals surface area (Å²) in [5, 5.41) is 11.5. The van der Waals surface area contributed by atoms with Crippen molar-refractivity contribution < 1.29 is 4.74 Å². The minimum absolute atomic E-state index is 0.351. The number of likely N-dealkylation sites (N-methyl/N-ethyl adjacent to an activating group) is 1. The van der Waals surface area contributed by atoms with Crippen molar-refractivity contribution >= 4 is 0 Å². The summed E-state index contributed by atoms with van der Waals surface area (Å²) in [6.45, 7) is 4.59. The van der Waals surface area contributed by atoms with E-state index in [1.165, 1.54) is 0 Å². The molecule has 1 aromatic rings. The molecular formula is C9H16N4O. The maximum Gasteiger partial charge on any atom is 0.0897 e. The molecule has 0 spiro atoms. The lowest BCUT2D eigenvalue weighted by Crippen LogP contribution is -2.34. The quantitative estimate of drug-likeness (QED) is 0.734. The molecule has 1 N–H and O–H groups in total. The van der Waals surface area contributed by atoms with Crippen LogP contribution in [0.4, 0.5) is 0 Å². The average Bonchev–Trinajstić information content (AvgIpc) is 2.74. The van der Waals surface area contributed by atoms with Crippen molar-refractivity contribution in [1.29, 1.82) is 0 Å². The summed E-state index contributed by atoms with van der Waals surface area (Å²) in [4.78, 5) is 0. The van der Waals surface area contributed by atoms with Crippen LogP contribution in [0.5, 0.6) is 0 Å². The molecule has 5 nitrogen and oxygen atoms in total. The Morgan fingerprint density at radius 1 is 1.64 bits per heavy atom. The molecule has 0 bridgehead atoms. The third-order valence-corrected chi connectivity index (χ3v) is 2.55. The van der Waals surface area contributed by atoms with Crippen LogP contribution in [-0.4, -0.2) is 40.8 Å². The highest BCUT2D eigenvalue weighted by Crippen LogP contribution is 2.23. The predicted octanol–water partition coefficient (Wildman–Crippen LogP) is -0.0930. The zero-order valence-corrected chi connectivity index (χ0v) is 8.60. The van der Waals surface area contributed by atoms with E-state index in [1.54, 1.807) is 4.68 Å². The Morgan fingerprint density at radius 2 is 2.50 bits per heavy atom. The van der Waals surface area contributed by atoms with Gasteiger partial charge in [0.2, 0.25) is 0 Å². The predicted molar refractivity (Wildman–Crippen MR) is 52.0 cm³/mol. The molecule has 2 unspecified atom stereocenters. The van der Waals surface area contributed by atoms with E-state index in [1.807, 2.05) is 13.2 Å². The van der Waals surface area contributed by atoms with Crippen molar-refractivity contribution in [3.05, 3.63) is 11.9 Å². The first-order chi connectivity index (χ1) is 6.81. The Bertz CT molecular complexity index is 299. The molecule has 1 saturated heterocycles. The van der Waals surface area contributed by atoms with E-state index < -0.39 is 0 Å². The SMILES string of the molecule is CCNC1COCC1c1cn(C)nn1. The summed E-state index contributed by atoms with van der Waals surface area (Å²) in [7, 11) is 1.88. The topological polar surface area (TPSA) is 52.0 Å². The highest BCUT2D eigenvalue weighted by atomic mass is 16.5. The van der Waals surface area contributed by atoms with Gasteiger partial charge in [0.15, 0.2) is 0 Å². The Morgan fingerprint density at radius 3 is 3.14 bits per heavy atom. The van der Waals surface area contributed by atoms with Gasteiger partial charge in [0.1, 0.15) is 0 Å². The second kappa shape index (κ2) is 4.06. The molecule has 2 rings (SSSR count). The van der Waals surface area contributed by atoms with E-state index in [4.69, 9.17) is 4.74 Å². The third-order valence-electron chi connectivity index (χ3n) is 2.55. The van der Waals surface area contributed by atoms with Gasteiger partial charge in [-0.15, -0.1) is 5.10 Å². The van der Waals surface area contributed by atoms with Gasteiger partial charge in [-0.2, -0.15) is 0 Å². The van der Waals surface area contributed by atoms with Crippen molar-refractivity contribution in [3.8, 4) is 0 Å². The molecule has 2 atom stereocenters. The van der Waals surface area contributed by atoms with Gasteiger partial charge in [-0.3, -0.25) is 4.68 Å². The molecule has 0 radical (unpaired) electrons. The average molecular weight is 196 g/mol. The van der Waals surface area contributed by atoms with Crippen LogP contribution in [0, 0.1) is 0 Å². The van der Waals surface area contributed by atoms with E-state index in [-0.39, 0.29) is 0 Å². The van der Waals surface area contributed by atoms with Gasteiger partial charge in [0, 0.05) is 25.2 Å². The monoisotopic (exact) mass is 196 g/mol. The lowest BCUT2D eigenvalue weighted by atomic mass is 10.0. The summed E-state index contributed by atoms with van der Waals surface area (Å²) in [5.74, 6) is 0.351. The minimum Gasteiger partial charge on any atom is -0.379 e. The zero-order valence-electron chi connectivity index (χ0n) is 8.60. The van der Waals surface area contributed by atoms with Gasteiger partial charge in [-0.25, -0.2) is 0 Å². The number of nitrogens with zero attached hydrogens (tertiary/aromatic N) is 3. The second-order valence-electron chi connectivity index (χ2n) is 3.63. The third kappa shape index (κ3) is 1.78. The van der Waals surface area contributed by atoms with Crippen LogP contribution >= 0.6 is 0 Å².